The van der Waals surface area contributed by atoms with Crippen LogP contribution in [0.15, 0.2) is 16.6 Å². The molecule has 2 aliphatic rings. The first-order valence-electron chi connectivity index (χ1n) is 5.75. The summed E-state index contributed by atoms with van der Waals surface area (Å²) in [6.07, 6.45) is 4.94. The smallest absolute Gasteiger partial charge is 0.145 e. The number of rotatable bonds is 3. The summed E-state index contributed by atoms with van der Waals surface area (Å²) in [6, 6.07) is 0. The first kappa shape index (κ1) is 11.7. The van der Waals surface area contributed by atoms with E-state index in [1.807, 2.05) is 6.08 Å². The summed E-state index contributed by atoms with van der Waals surface area (Å²) in [7, 11) is 1.56. The lowest BCUT2D eigenvalue weighted by Crippen LogP contribution is -2.45. The van der Waals surface area contributed by atoms with Crippen molar-refractivity contribution in [3.05, 3.63) is 11.6 Å². The van der Waals surface area contributed by atoms with Gasteiger partial charge in [0, 0.05) is 45.9 Å². The molecular formula is C12H18FNO2. The SMILES string of the molecule is COC(C1=CCCN=C1)C1(F)CCOCC1. The zero-order valence-electron chi connectivity index (χ0n) is 9.62. The van der Waals surface area contributed by atoms with Gasteiger partial charge in [0.05, 0.1) is 0 Å². The van der Waals surface area contributed by atoms with Crippen molar-refractivity contribution >= 4 is 6.21 Å². The van der Waals surface area contributed by atoms with E-state index in [0.29, 0.717) is 26.1 Å². The molecule has 0 aromatic heterocycles. The lowest BCUT2D eigenvalue weighted by Gasteiger charge is -2.36. The first-order valence-corrected chi connectivity index (χ1v) is 5.75. The van der Waals surface area contributed by atoms with Crippen molar-refractivity contribution in [3.8, 4) is 0 Å². The van der Waals surface area contributed by atoms with Gasteiger partial charge in [-0.05, 0) is 12.0 Å². The van der Waals surface area contributed by atoms with E-state index in [1.165, 1.54) is 0 Å². The number of aliphatic imine (C=N–C) groups is 1. The normalized spacial score (nSPS) is 26.2. The van der Waals surface area contributed by atoms with Gasteiger partial charge in [-0.2, -0.15) is 0 Å². The molecule has 0 aromatic carbocycles. The molecule has 0 aliphatic carbocycles. The fraction of sp³-hybridized carbons (Fsp3) is 0.750. The number of alkyl halides is 1. The second kappa shape index (κ2) is 5.06. The van der Waals surface area contributed by atoms with Gasteiger partial charge in [0.25, 0.3) is 0 Å². The van der Waals surface area contributed by atoms with Gasteiger partial charge in [-0.15, -0.1) is 0 Å². The molecule has 2 rings (SSSR count). The Hall–Kier alpha value is -0.740. The third kappa shape index (κ3) is 2.33. The van der Waals surface area contributed by atoms with E-state index in [-0.39, 0.29) is 0 Å². The molecule has 16 heavy (non-hydrogen) atoms. The molecule has 0 aromatic rings. The van der Waals surface area contributed by atoms with Crippen LogP contribution in [0.1, 0.15) is 19.3 Å². The van der Waals surface area contributed by atoms with E-state index in [2.05, 4.69) is 4.99 Å². The molecule has 1 saturated heterocycles. The van der Waals surface area contributed by atoms with E-state index in [0.717, 1.165) is 18.5 Å². The topological polar surface area (TPSA) is 30.8 Å². The van der Waals surface area contributed by atoms with E-state index < -0.39 is 11.8 Å². The Morgan fingerprint density at radius 3 is 2.81 bits per heavy atom. The lowest BCUT2D eigenvalue weighted by atomic mass is 9.85. The molecule has 0 radical (unpaired) electrons. The predicted molar refractivity (Wildman–Crippen MR) is 60.7 cm³/mol. The Kier molecular flexibility index (Phi) is 3.71. The van der Waals surface area contributed by atoms with Crippen molar-refractivity contribution in [1.82, 2.24) is 0 Å². The molecule has 3 nitrogen and oxygen atoms in total. The van der Waals surface area contributed by atoms with Crippen LogP contribution < -0.4 is 0 Å². The molecule has 0 amide bonds. The molecule has 2 aliphatic heterocycles. The highest BCUT2D eigenvalue weighted by Gasteiger charge is 2.42. The number of halogens is 1. The average Bonchev–Trinajstić information content (AvgIpc) is 2.32. The van der Waals surface area contributed by atoms with Crippen LogP contribution in [0.3, 0.4) is 0 Å². The maximum absolute atomic E-state index is 14.7. The van der Waals surface area contributed by atoms with Crippen LogP contribution in [-0.4, -0.2) is 44.9 Å². The van der Waals surface area contributed by atoms with Crippen LogP contribution in [0.4, 0.5) is 4.39 Å². The van der Waals surface area contributed by atoms with E-state index >= 15 is 0 Å². The Balaban J connectivity index is 2.14. The highest BCUT2D eigenvalue weighted by Crippen LogP contribution is 2.34. The van der Waals surface area contributed by atoms with Crippen molar-refractivity contribution in [2.75, 3.05) is 26.9 Å². The molecule has 0 spiro atoms. The molecule has 1 unspecified atom stereocenters. The highest BCUT2D eigenvalue weighted by molar-refractivity contribution is 5.81. The summed E-state index contributed by atoms with van der Waals surface area (Å²) >= 11 is 0. The van der Waals surface area contributed by atoms with Crippen molar-refractivity contribution in [2.45, 2.75) is 31.0 Å². The minimum Gasteiger partial charge on any atom is -0.381 e. The number of methoxy groups -OCH3 is 1. The number of hydrogen-bond acceptors (Lipinski definition) is 3. The van der Waals surface area contributed by atoms with Gasteiger partial charge in [0.15, 0.2) is 0 Å². The summed E-state index contributed by atoms with van der Waals surface area (Å²) in [6.45, 7) is 1.74. The number of ether oxygens (including phenoxy) is 2. The van der Waals surface area contributed by atoms with Crippen LogP contribution >= 0.6 is 0 Å². The molecular weight excluding hydrogens is 209 g/mol. The van der Waals surface area contributed by atoms with Gasteiger partial charge < -0.3 is 9.47 Å². The average molecular weight is 227 g/mol. The maximum atomic E-state index is 14.7. The summed E-state index contributed by atoms with van der Waals surface area (Å²) in [5.74, 6) is 0. The zero-order chi connectivity index (χ0) is 11.4. The fourth-order valence-electron chi connectivity index (χ4n) is 2.32. The number of nitrogens with zero attached hydrogens (tertiary/aromatic N) is 1. The van der Waals surface area contributed by atoms with Gasteiger partial charge in [0.2, 0.25) is 0 Å². The fourth-order valence-corrected chi connectivity index (χ4v) is 2.32. The molecule has 0 saturated carbocycles. The lowest BCUT2D eigenvalue weighted by molar-refractivity contribution is -0.0795. The predicted octanol–water partition coefficient (Wildman–Crippen LogP) is 1.92. The quantitative estimate of drug-likeness (QED) is 0.737. The standard InChI is InChI=1S/C12H18FNO2/c1-15-11(10-3-2-6-14-9-10)12(13)4-7-16-8-5-12/h3,9,11H,2,4-8H2,1H3. The largest absolute Gasteiger partial charge is 0.381 e. The Labute approximate surface area is 95.3 Å². The summed E-state index contributed by atoms with van der Waals surface area (Å²) < 4.78 is 25.3. The van der Waals surface area contributed by atoms with Crippen LogP contribution in [0.2, 0.25) is 0 Å². The second-order valence-electron chi connectivity index (χ2n) is 4.29. The minimum absolute atomic E-state index is 0.399. The van der Waals surface area contributed by atoms with Crippen molar-refractivity contribution in [3.63, 3.8) is 0 Å². The summed E-state index contributed by atoms with van der Waals surface area (Å²) in [5.41, 5.74) is -0.430. The third-order valence-corrected chi connectivity index (χ3v) is 3.21. The van der Waals surface area contributed by atoms with Crippen molar-refractivity contribution in [2.24, 2.45) is 4.99 Å². The summed E-state index contributed by atoms with van der Waals surface area (Å²) in [5, 5.41) is 0. The van der Waals surface area contributed by atoms with Gasteiger partial charge >= 0.3 is 0 Å². The van der Waals surface area contributed by atoms with Gasteiger partial charge in [-0.1, -0.05) is 6.08 Å². The molecule has 1 atom stereocenters. The minimum atomic E-state index is -1.30. The van der Waals surface area contributed by atoms with E-state index in [1.54, 1.807) is 13.3 Å². The maximum Gasteiger partial charge on any atom is 0.145 e. The van der Waals surface area contributed by atoms with Crippen molar-refractivity contribution in [1.29, 1.82) is 0 Å². The zero-order valence-corrected chi connectivity index (χ0v) is 9.62. The van der Waals surface area contributed by atoms with Crippen LogP contribution in [0, 0.1) is 0 Å². The van der Waals surface area contributed by atoms with Crippen LogP contribution in [0.25, 0.3) is 0 Å². The second-order valence-corrected chi connectivity index (χ2v) is 4.29. The van der Waals surface area contributed by atoms with Gasteiger partial charge in [0.1, 0.15) is 11.8 Å². The first-order chi connectivity index (χ1) is 7.76. The van der Waals surface area contributed by atoms with Crippen molar-refractivity contribution < 1.29 is 13.9 Å². The Morgan fingerprint density at radius 2 is 2.25 bits per heavy atom. The number of hydrogen-bond donors (Lipinski definition) is 0. The molecule has 4 heteroatoms. The molecule has 1 fully saturated rings. The van der Waals surface area contributed by atoms with E-state index in [9.17, 15) is 4.39 Å². The monoisotopic (exact) mass is 227 g/mol. The Morgan fingerprint density at radius 1 is 1.50 bits per heavy atom. The molecule has 2 heterocycles. The van der Waals surface area contributed by atoms with Gasteiger partial charge in [-0.3, -0.25) is 4.99 Å². The summed E-state index contributed by atoms with van der Waals surface area (Å²) in [4.78, 5) is 4.18. The van der Waals surface area contributed by atoms with Crippen LogP contribution in [0.5, 0.6) is 0 Å². The van der Waals surface area contributed by atoms with E-state index in [4.69, 9.17) is 9.47 Å². The van der Waals surface area contributed by atoms with Gasteiger partial charge in [-0.25, -0.2) is 4.39 Å². The number of dihydropyridines is 1. The molecule has 0 N–H and O–H groups in total. The Bertz CT molecular complexity index is 295. The third-order valence-electron chi connectivity index (χ3n) is 3.21. The molecule has 0 bridgehead atoms. The van der Waals surface area contributed by atoms with Crippen LogP contribution in [-0.2, 0) is 9.47 Å². The molecule has 90 valence electrons. The highest BCUT2D eigenvalue weighted by atomic mass is 19.1.